The van der Waals surface area contributed by atoms with Gasteiger partial charge in [-0.2, -0.15) is 0 Å². The van der Waals surface area contributed by atoms with E-state index in [9.17, 15) is 4.79 Å². The molecule has 1 amide bonds. The second-order valence-electron chi connectivity index (χ2n) is 6.15. The number of rotatable bonds is 3. The maximum absolute atomic E-state index is 12.7. The van der Waals surface area contributed by atoms with Gasteiger partial charge in [-0.25, -0.2) is 4.98 Å². The van der Waals surface area contributed by atoms with Crippen molar-refractivity contribution in [3.05, 3.63) is 21.9 Å². The van der Waals surface area contributed by atoms with Crippen molar-refractivity contribution in [2.45, 2.75) is 33.6 Å². The van der Waals surface area contributed by atoms with Crippen molar-refractivity contribution in [3.63, 3.8) is 0 Å². The number of amides is 1. The van der Waals surface area contributed by atoms with Gasteiger partial charge in [0, 0.05) is 5.41 Å². The van der Waals surface area contributed by atoms with Crippen LogP contribution in [0.5, 0.6) is 0 Å². The van der Waals surface area contributed by atoms with Crippen molar-refractivity contribution in [1.29, 1.82) is 0 Å². The van der Waals surface area contributed by atoms with Gasteiger partial charge >= 0.3 is 0 Å². The summed E-state index contributed by atoms with van der Waals surface area (Å²) in [7, 11) is 0. The molecule has 6 heteroatoms. The van der Waals surface area contributed by atoms with Gasteiger partial charge in [0.25, 0.3) is 0 Å². The third-order valence-electron chi connectivity index (χ3n) is 4.28. The Hall–Kier alpha value is -0.840. The summed E-state index contributed by atoms with van der Waals surface area (Å²) in [5.74, 6) is 0.274. The fourth-order valence-electron chi connectivity index (χ4n) is 2.67. The summed E-state index contributed by atoms with van der Waals surface area (Å²) in [4.78, 5) is 16.7. The number of aromatic nitrogens is 1. The molecule has 1 saturated heterocycles. The van der Waals surface area contributed by atoms with Crippen LogP contribution in [0.3, 0.4) is 0 Å². The third kappa shape index (κ3) is 3.68. The molecule has 1 aromatic rings. The van der Waals surface area contributed by atoms with Crippen LogP contribution >= 0.6 is 23.2 Å². The lowest BCUT2D eigenvalue weighted by Crippen LogP contribution is -2.45. The van der Waals surface area contributed by atoms with Crippen LogP contribution in [-0.4, -0.2) is 24.0 Å². The predicted octanol–water partition coefficient (Wildman–Crippen LogP) is 3.66. The van der Waals surface area contributed by atoms with Crippen LogP contribution in [0.4, 0.5) is 5.69 Å². The van der Waals surface area contributed by atoms with Crippen LogP contribution < -0.4 is 10.6 Å². The standard InChI is InChI=1S/C15H21Cl2N3O/c1-9-7-11(16)19-13(17)12(9)20-14(21)15(2,3)10-5-4-6-18-8-10/h7,10,18H,4-6,8H2,1-3H3,(H,20,21). The normalized spacial score (nSPS) is 19.4. The zero-order valence-electron chi connectivity index (χ0n) is 12.6. The molecule has 1 unspecified atom stereocenters. The fraction of sp³-hybridized carbons (Fsp3) is 0.600. The first-order valence-corrected chi connectivity index (χ1v) is 7.92. The molecule has 0 radical (unpaired) electrons. The van der Waals surface area contributed by atoms with Crippen LogP contribution in [0.2, 0.25) is 10.3 Å². The summed E-state index contributed by atoms with van der Waals surface area (Å²) in [6, 6.07) is 1.69. The second kappa shape index (κ2) is 6.51. The molecular formula is C15H21Cl2N3O. The van der Waals surface area contributed by atoms with E-state index in [1.54, 1.807) is 6.07 Å². The molecule has 1 aliphatic heterocycles. The first kappa shape index (κ1) is 16.5. The van der Waals surface area contributed by atoms with E-state index in [1.165, 1.54) is 0 Å². The van der Waals surface area contributed by atoms with E-state index >= 15 is 0 Å². The monoisotopic (exact) mass is 329 g/mol. The van der Waals surface area contributed by atoms with E-state index in [0.717, 1.165) is 31.5 Å². The number of hydrogen-bond donors (Lipinski definition) is 2. The van der Waals surface area contributed by atoms with Gasteiger partial charge in [-0.3, -0.25) is 4.79 Å². The van der Waals surface area contributed by atoms with E-state index in [-0.39, 0.29) is 11.1 Å². The number of pyridine rings is 1. The van der Waals surface area contributed by atoms with E-state index in [0.29, 0.717) is 16.8 Å². The summed E-state index contributed by atoms with van der Waals surface area (Å²) in [6.45, 7) is 7.70. The lowest BCUT2D eigenvalue weighted by molar-refractivity contribution is -0.127. The van der Waals surface area contributed by atoms with Crippen LogP contribution in [0.1, 0.15) is 32.3 Å². The maximum Gasteiger partial charge on any atom is 0.230 e. The van der Waals surface area contributed by atoms with Crippen LogP contribution in [0, 0.1) is 18.3 Å². The Bertz CT molecular complexity index is 517. The first-order chi connectivity index (χ1) is 9.82. The van der Waals surface area contributed by atoms with Gasteiger partial charge in [-0.1, -0.05) is 37.0 Å². The molecule has 116 valence electrons. The molecule has 0 spiro atoms. The molecule has 2 N–H and O–H groups in total. The minimum atomic E-state index is -0.469. The Labute approximate surface area is 135 Å². The number of piperidine rings is 1. The minimum Gasteiger partial charge on any atom is -0.323 e. The van der Waals surface area contributed by atoms with Crippen LogP contribution in [-0.2, 0) is 4.79 Å². The SMILES string of the molecule is Cc1cc(Cl)nc(Cl)c1NC(=O)C(C)(C)C1CCCNC1. The van der Waals surface area contributed by atoms with Gasteiger partial charge < -0.3 is 10.6 Å². The highest BCUT2D eigenvalue weighted by Gasteiger charge is 2.37. The zero-order valence-corrected chi connectivity index (χ0v) is 14.1. The number of carbonyl (C=O) groups excluding carboxylic acids is 1. The van der Waals surface area contributed by atoms with E-state index in [1.807, 2.05) is 20.8 Å². The quantitative estimate of drug-likeness (QED) is 0.832. The predicted molar refractivity (Wildman–Crippen MR) is 87.0 cm³/mol. The Morgan fingerprint density at radius 3 is 2.76 bits per heavy atom. The molecule has 0 aromatic carbocycles. The largest absolute Gasteiger partial charge is 0.323 e. The number of nitrogens with zero attached hydrogens (tertiary/aromatic N) is 1. The topological polar surface area (TPSA) is 54.0 Å². The van der Waals surface area contributed by atoms with Crippen LogP contribution in [0.15, 0.2) is 6.07 Å². The van der Waals surface area contributed by atoms with Crippen LogP contribution in [0.25, 0.3) is 0 Å². The minimum absolute atomic E-state index is 0.0367. The number of halogens is 2. The smallest absolute Gasteiger partial charge is 0.230 e. The molecule has 0 bridgehead atoms. The summed E-state index contributed by atoms with van der Waals surface area (Å²) in [5, 5.41) is 6.83. The number of carbonyl (C=O) groups is 1. The Morgan fingerprint density at radius 1 is 1.48 bits per heavy atom. The highest BCUT2D eigenvalue weighted by atomic mass is 35.5. The summed E-state index contributed by atoms with van der Waals surface area (Å²) >= 11 is 11.9. The Kier molecular flexibility index (Phi) is 5.12. The molecule has 1 aromatic heterocycles. The van der Waals surface area contributed by atoms with Crippen molar-refractivity contribution >= 4 is 34.8 Å². The second-order valence-corrected chi connectivity index (χ2v) is 6.89. The summed E-state index contributed by atoms with van der Waals surface area (Å²) < 4.78 is 0. The fourth-order valence-corrected chi connectivity index (χ4v) is 3.25. The molecule has 4 nitrogen and oxygen atoms in total. The highest BCUT2D eigenvalue weighted by molar-refractivity contribution is 6.34. The van der Waals surface area contributed by atoms with Crippen molar-refractivity contribution in [3.8, 4) is 0 Å². The van der Waals surface area contributed by atoms with Gasteiger partial charge in [0.2, 0.25) is 5.91 Å². The average molecular weight is 330 g/mol. The van der Waals surface area contributed by atoms with Gasteiger partial charge in [0.1, 0.15) is 5.15 Å². The lowest BCUT2D eigenvalue weighted by Gasteiger charge is -2.36. The first-order valence-electron chi connectivity index (χ1n) is 7.17. The highest BCUT2D eigenvalue weighted by Crippen LogP contribution is 2.34. The van der Waals surface area contributed by atoms with Gasteiger partial charge in [-0.15, -0.1) is 0 Å². The number of nitrogens with one attached hydrogen (secondary N) is 2. The van der Waals surface area contributed by atoms with E-state index < -0.39 is 5.41 Å². The van der Waals surface area contributed by atoms with Gasteiger partial charge in [0.05, 0.1) is 5.69 Å². The number of anilines is 1. The van der Waals surface area contributed by atoms with Gasteiger partial charge in [0.15, 0.2) is 5.15 Å². The molecule has 2 rings (SSSR count). The molecule has 0 aliphatic carbocycles. The van der Waals surface area contributed by atoms with Crippen molar-refractivity contribution in [1.82, 2.24) is 10.3 Å². The summed E-state index contributed by atoms with van der Waals surface area (Å²) in [5.41, 5.74) is 0.886. The van der Waals surface area contributed by atoms with Crippen molar-refractivity contribution < 1.29 is 4.79 Å². The van der Waals surface area contributed by atoms with E-state index in [2.05, 4.69) is 15.6 Å². The zero-order chi connectivity index (χ0) is 15.6. The van der Waals surface area contributed by atoms with E-state index in [4.69, 9.17) is 23.2 Å². The van der Waals surface area contributed by atoms with Crippen molar-refractivity contribution in [2.75, 3.05) is 18.4 Å². The van der Waals surface area contributed by atoms with Gasteiger partial charge in [-0.05, 0) is 50.4 Å². The molecular weight excluding hydrogens is 309 g/mol. The molecule has 2 heterocycles. The molecule has 1 atom stereocenters. The molecule has 21 heavy (non-hydrogen) atoms. The maximum atomic E-state index is 12.7. The number of hydrogen-bond acceptors (Lipinski definition) is 3. The number of aryl methyl sites for hydroxylation is 1. The third-order valence-corrected chi connectivity index (χ3v) is 4.75. The average Bonchev–Trinajstić information content (AvgIpc) is 2.43. The Morgan fingerprint density at radius 2 is 2.19 bits per heavy atom. The Balaban J connectivity index is 2.17. The molecule has 1 fully saturated rings. The molecule has 0 saturated carbocycles. The lowest BCUT2D eigenvalue weighted by atomic mass is 9.74. The molecule has 1 aliphatic rings. The summed E-state index contributed by atoms with van der Waals surface area (Å²) in [6.07, 6.45) is 2.16. The van der Waals surface area contributed by atoms with Crippen molar-refractivity contribution in [2.24, 2.45) is 11.3 Å².